The number of carbonyl (C=O) groups excluding carboxylic acids is 1. The Hall–Kier alpha value is -1.45. The van der Waals surface area contributed by atoms with E-state index >= 15 is 0 Å². The molecule has 0 aromatic heterocycles. The second-order valence-electron chi connectivity index (χ2n) is 2.88. The molecule has 0 atom stereocenters. The van der Waals surface area contributed by atoms with E-state index in [1.54, 1.807) is 0 Å². The number of carbonyl (C=O) groups is 1. The third-order valence-electron chi connectivity index (χ3n) is 1.42. The number of nitrogens with one attached hydrogen (secondary N) is 1. The minimum absolute atomic E-state index is 0. The van der Waals surface area contributed by atoms with Crippen LogP contribution in [0.25, 0.3) is 0 Å². The second kappa shape index (κ2) is 6.92. The number of rotatable bonds is 1. The summed E-state index contributed by atoms with van der Waals surface area (Å²) in [7, 11) is 1.31. The van der Waals surface area contributed by atoms with Gasteiger partial charge in [-0.3, -0.25) is 4.79 Å². The third kappa shape index (κ3) is 4.06. The molecule has 0 aliphatic rings. The summed E-state index contributed by atoms with van der Waals surface area (Å²) in [5.74, 6) is -2.46. The van der Waals surface area contributed by atoms with Crippen molar-refractivity contribution < 1.29 is 15.0 Å². The molecule has 0 saturated carbocycles. The highest BCUT2D eigenvalue weighted by atomic mass is 19.1. The molecule has 0 heterocycles. The summed E-state index contributed by atoms with van der Waals surface area (Å²) in [4.78, 5) is 10.9. The van der Waals surface area contributed by atoms with Crippen LogP contribution in [0.2, 0.25) is 0 Å². The Morgan fingerprint density at radius 2 is 1.73 bits per heavy atom. The molecule has 0 saturated heterocycles. The summed E-state index contributed by atoms with van der Waals surface area (Å²) in [5.41, 5.74) is -0.542. The zero-order valence-electron chi connectivity index (χ0n) is 9.10. The molecule has 0 aliphatic heterocycles. The molecule has 4 heteroatoms. The molecule has 0 aliphatic carbocycles. The summed E-state index contributed by atoms with van der Waals surface area (Å²) in [6, 6.07) is 3.28. The van der Waals surface area contributed by atoms with Gasteiger partial charge in [0.05, 0.1) is 0 Å². The van der Waals surface area contributed by atoms with E-state index < -0.39 is 23.1 Å². The molecule has 1 aromatic rings. The summed E-state index contributed by atoms with van der Waals surface area (Å²) >= 11 is 0. The van der Waals surface area contributed by atoms with Crippen LogP contribution in [0.1, 0.15) is 32.1 Å². The predicted molar refractivity (Wildman–Crippen MR) is 57.8 cm³/mol. The van der Waals surface area contributed by atoms with Crippen LogP contribution in [0.4, 0.5) is 8.78 Å². The van der Waals surface area contributed by atoms with Gasteiger partial charge in [-0.25, -0.2) is 8.78 Å². The van der Waals surface area contributed by atoms with Crippen molar-refractivity contribution in [2.24, 2.45) is 0 Å². The lowest BCUT2D eigenvalue weighted by Gasteiger charge is -2.01. The summed E-state index contributed by atoms with van der Waals surface area (Å²) in [6.45, 7) is 4.25. The standard InChI is InChI=1S/C8H7F2NO.C3H8.H2/c1-11-8(12)7-5(9)3-2-4-6(7)10;1-3-2;/h2-4H,1H3,(H,11,12);3H2,1-2H3;1H. The molecule has 15 heavy (non-hydrogen) atoms. The van der Waals surface area contributed by atoms with Gasteiger partial charge < -0.3 is 5.32 Å². The van der Waals surface area contributed by atoms with E-state index in [0.717, 1.165) is 12.1 Å². The van der Waals surface area contributed by atoms with Gasteiger partial charge in [0, 0.05) is 8.47 Å². The van der Waals surface area contributed by atoms with Crippen LogP contribution in [-0.4, -0.2) is 13.0 Å². The molecule has 1 aromatic carbocycles. The Morgan fingerprint density at radius 1 is 1.33 bits per heavy atom. The van der Waals surface area contributed by atoms with Crippen molar-refractivity contribution in [1.82, 2.24) is 5.32 Å². The maximum absolute atomic E-state index is 12.8. The fourth-order valence-electron chi connectivity index (χ4n) is 0.840. The van der Waals surface area contributed by atoms with Crippen molar-refractivity contribution in [2.75, 3.05) is 7.05 Å². The Balaban J connectivity index is 0. The molecule has 0 spiro atoms. The molecule has 2 nitrogen and oxygen atoms in total. The van der Waals surface area contributed by atoms with E-state index in [1.807, 2.05) is 0 Å². The average Bonchev–Trinajstić information content (AvgIpc) is 2.18. The van der Waals surface area contributed by atoms with E-state index in [2.05, 4.69) is 19.2 Å². The first-order chi connectivity index (χ1) is 7.08. The van der Waals surface area contributed by atoms with E-state index in [1.165, 1.54) is 19.5 Å². The fraction of sp³-hybridized carbons (Fsp3) is 0.364. The quantitative estimate of drug-likeness (QED) is 0.769. The molecule has 1 rings (SSSR count). The Kier molecular flexibility index (Phi) is 6.25. The zero-order valence-corrected chi connectivity index (χ0v) is 9.10. The van der Waals surface area contributed by atoms with Crippen molar-refractivity contribution in [3.8, 4) is 0 Å². The van der Waals surface area contributed by atoms with Crippen molar-refractivity contribution in [1.29, 1.82) is 0 Å². The lowest BCUT2D eigenvalue weighted by atomic mass is 10.2. The maximum Gasteiger partial charge on any atom is 0.256 e. The molecule has 86 valence electrons. The Labute approximate surface area is 89.8 Å². The van der Waals surface area contributed by atoms with Gasteiger partial charge in [-0.1, -0.05) is 26.3 Å². The Morgan fingerprint density at radius 3 is 2.07 bits per heavy atom. The first-order valence-electron chi connectivity index (χ1n) is 4.74. The topological polar surface area (TPSA) is 29.1 Å². The van der Waals surface area contributed by atoms with Gasteiger partial charge in [-0.2, -0.15) is 0 Å². The highest BCUT2D eigenvalue weighted by Crippen LogP contribution is 2.10. The lowest BCUT2D eigenvalue weighted by Crippen LogP contribution is -2.20. The predicted octanol–water partition coefficient (Wildman–Crippen LogP) is 2.99. The first kappa shape index (κ1) is 13.5. The van der Waals surface area contributed by atoms with Gasteiger partial charge in [-0.05, 0) is 12.1 Å². The molecular weight excluding hydrogens is 200 g/mol. The van der Waals surface area contributed by atoms with Crippen LogP contribution >= 0.6 is 0 Å². The van der Waals surface area contributed by atoms with Gasteiger partial charge in [0.15, 0.2) is 0 Å². The Bertz CT molecular complexity index is 312. The van der Waals surface area contributed by atoms with Crippen molar-refractivity contribution >= 4 is 5.91 Å². The number of halogens is 2. The van der Waals surface area contributed by atoms with Gasteiger partial charge in [0.1, 0.15) is 17.2 Å². The van der Waals surface area contributed by atoms with Crippen LogP contribution in [0.5, 0.6) is 0 Å². The van der Waals surface area contributed by atoms with E-state index in [0.29, 0.717) is 0 Å². The third-order valence-corrected chi connectivity index (χ3v) is 1.42. The molecule has 0 fully saturated rings. The SMILES string of the molecule is CCC.CNC(=O)c1c(F)cccc1F.[HH]. The van der Waals surface area contributed by atoms with Gasteiger partial charge in [0.2, 0.25) is 0 Å². The summed E-state index contributed by atoms with van der Waals surface area (Å²) in [6.07, 6.45) is 1.25. The lowest BCUT2D eigenvalue weighted by molar-refractivity contribution is 0.0954. The number of hydrogen-bond donors (Lipinski definition) is 1. The van der Waals surface area contributed by atoms with Gasteiger partial charge in [0.25, 0.3) is 5.91 Å². The molecule has 1 amide bonds. The fourth-order valence-corrected chi connectivity index (χ4v) is 0.840. The first-order valence-corrected chi connectivity index (χ1v) is 4.74. The van der Waals surface area contributed by atoms with Crippen molar-refractivity contribution in [3.05, 3.63) is 35.4 Å². The monoisotopic (exact) mass is 217 g/mol. The van der Waals surface area contributed by atoms with Gasteiger partial charge in [-0.15, -0.1) is 0 Å². The average molecular weight is 217 g/mol. The minimum atomic E-state index is -0.852. The van der Waals surface area contributed by atoms with Crippen LogP contribution in [0.3, 0.4) is 0 Å². The normalized spacial score (nSPS) is 8.87. The van der Waals surface area contributed by atoms with Crippen LogP contribution in [0.15, 0.2) is 18.2 Å². The second-order valence-corrected chi connectivity index (χ2v) is 2.88. The number of amides is 1. The molecule has 0 bridgehead atoms. The van der Waals surface area contributed by atoms with E-state index in [9.17, 15) is 13.6 Å². The smallest absolute Gasteiger partial charge is 0.256 e. The van der Waals surface area contributed by atoms with E-state index in [4.69, 9.17) is 0 Å². The van der Waals surface area contributed by atoms with Gasteiger partial charge >= 0.3 is 0 Å². The van der Waals surface area contributed by atoms with Crippen molar-refractivity contribution in [2.45, 2.75) is 20.3 Å². The number of hydrogen-bond acceptors (Lipinski definition) is 1. The molecule has 0 unspecified atom stereocenters. The molecule has 1 N–H and O–H groups in total. The number of benzene rings is 1. The molecule has 0 radical (unpaired) electrons. The summed E-state index contributed by atoms with van der Waals surface area (Å²) in [5, 5.41) is 2.14. The minimum Gasteiger partial charge on any atom is -0.355 e. The highest BCUT2D eigenvalue weighted by Gasteiger charge is 2.14. The zero-order chi connectivity index (χ0) is 11.8. The summed E-state index contributed by atoms with van der Waals surface area (Å²) < 4.78 is 25.6. The largest absolute Gasteiger partial charge is 0.355 e. The van der Waals surface area contributed by atoms with Crippen LogP contribution in [-0.2, 0) is 0 Å². The van der Waals surface area contributed by atoms with E-state index in [-0.39, 0.29) is 1.43 Å². The highest BCUT2D eigenvalue weighted by molar-refractivity contribution is 5.94. The van der Waals surface area contributed by atoms with Crippen LogP contribution < -0.4 is 5.32 Å². The van der Waals surface area contributed by atoms with Crippen LogP contribution in [0, 0.1) is 11.6 Å². The van der Waals surface area contributed by atoms with Crippen molar-refractivity contribution in [3.63, 3.8) is 0 Å². The maximum atomic E-state index is 12.8. The molecular formula is C11H17F2NO.